The smallest absolute Gasteiger partial charge is 0.224 e. The van der Waals surface area contributed by atoms with Crippen LogP contribution >= 0.6 is 23.1 Å². The van der Waals surface area contributed by atoms with E-state index in [-0.39, 0.29) is 11.7 Å². The number of benzene rings is 1. The minimum atomic E-state index is 0.0277. The van der Waals surface area contributed by atoms with Gasteiger partial charge in [-0.2, -0.15) is 0 Å². The number of hydrogen-bond donors (Lipinski definition) is 2. The summed E-state index contributed by atoms with van der Waals surface area (Å²) < 4.78 is 0.777. The Bertz CT molecular complexity index is 745. The highest BCUT2D eigenvalue weighted by Gasteiger charge is 2.17. The standard InChI is InChI=1S/C15H16N4O2S2/c1-2-16-14-18-19-15(23-14)22-8-12(20)10-3-5-11-9(7-10)4-6-13(21)17-11/h3,5,7H,2,4,6,8H2,1H3,(H,16,18)(H,17,21). The van der Waals surface area contributed by atoms with Crippen molar-refractivity contribution in [1.29, 1.82) is 0 Å². The molecule has 0 spiro atoms. The number of nitrogens with zero attached hydrogens (tertiary/aromatic N) is 2. The van der Waals surface area contributed by atoms with Crippen molar-refractivity contribution in [2.45, 2.75) is 24.1 Å². The fourth-order valence-corrected chi connectivity index (χ4v) is 3.97. The summed E-state index contributed by atoms with van der Waals surface area (Å²) in [6.45, 7) is 2.79. The molecule has 6 nitrogen and oxygen atoms in total. The molecule has 1 aromatic heterocycles. The van der Waals surface area contributed by atoms with Crippen molar-refractivity contribution >= 4 is 45.6 Å². The van der Waals surface area contributed by atoms with Gasteiger partial charge in [0.15, 0.2) is 10.1 Å². The van der Waals surface area contributed by atoms with E-state index in [0.29, 0.717) is 24.2 Å². The molecule has 2 N–H and O–H groups in total. The molecule has 2 heterocycles. The van der Waals surface area contributed by atoms with Crippen molar-refractivity contribution in [3.8, 4) is 0 Å². The van der Waals surface area contributed by atoms with E-state index >= 15 is 0 Å². The van der Waals surface area contributed by atoms with E-state index in [1.165, 1.54) is 23.1 Å². The fraction of sp³-hybridized carbons (Fsp3) is 0.333. The predicted molar refractivity (Wildman–Crippen MR) is 92.5 cm³/mol. The van der Waals surface area contributed by atoms with Crippen molar-refractivity contribution in [1.82, 2.24) is 10.2 Å². The van der Waals surface area contributed by atoms with Gasteiger partial charge in [0.05, 0.1) is 5.75 Å². The lowest BCUT2D eigenvalue weighted by Gasteiger charge is -2.17. The summed E-state index contributed by atoms with van der Waals surface area (Å²) in [5, 5.41) is 14.7. The number of thioether (sulfide) groups is 1. The maximum Gasteiger partial charge on any atom is 0.224 e. The number of aryl methyl sites for hydroxylation is 1. The number of amides is 1. The Morgan fingerprint density at radius 3 is 3.09 bits per heavy atom. The number of fused-ring (bicyclic) bond motifs is 1. The lowest BCUT2D eigenvalue weighted by Crippen LogP contribution is -2.19. The molecule has 0 aliphatic carbocycles. The molecule has 1 aliphatic heterocycles. The van der Waals surface area contributed by atoms with Gasteiger partial charge < -0.3 is 10.6 Å². The van der Waals surface area contributed by atoms with Crippen molar-refractivity contribution < 1.29 is 9.59 Å². The number of Topliss-reactive ketones (excluding diaryl/α,β-unsaturated/α-hetero) is 1. The number of hydrogen-bond acceptors (Lipinski definition) is 7. The quantitative estimate of drug-likeness (QED) is 0.617. The molecule has 8 heteroatoms. The van der Waals surface area contributed by atoms with Crippen molar-refractivity contribution in [3.63, 3.8) is 0 Å². The molecule has 1 aromatic carbocycles. The third kappa shape index (κ3) is 3.89. The van der Waals surface area contributed by atoms with Crippen LogP contribution in [0.3, 0.4) is 0 Å². The van der Waals surface area contributed by atoms with Gasteiger partial charge in [0.2, 0.25) is 11.0 Å². The van der Waals surface area contributed by atoms with E-state index in [4.69, 9.17) is 0 Å². The first-order valence-electron chi connectivity index (χ1n) is 7.32. The first-order chi connectivity index (χ1) is 11.2. The van der Waals surface area contributed by atoms with Crippen molar-refractivity contribution in [2.75, 3.05) is 22.9 Å². The van der Waals surface area contributed by atoms with Gasteiger partial charge in [-0.25, -0.2) is 0 Å². The van der Waals surface area contributed by atoms with Crippen LogP contribution in [0.2, 0.25) is 0 Å². The summed E-state index contributed by atoms with van der Waals surface area (Å²) in [6.07, 6.45) is 1.15. The van der Waals surface area contributed by atoms with Crippen molar-refractivity contribution in [2.24, 2.45) is 0 Å². The van der Waals surface area contributed by atoms with E-state index in [1.54, 1.807) is 12.1 Å². The second kappa shape index (κ2) is 7.10. The van der Waals surface area contributed by atoms with Gasteiger partial charge in [0, 0.05) is 24.2 Å². The molecule has 3 rings (SSSR count). The zero-order chi connectivity index (χ0) is 16.2. The predicted octanol–water partition coefficient (Wildman–Crippen LogP) is 2.83. The summed E-state index contributed by atoms with van der Waals surface area (Å²) in [5.74, 6) is 0.404. The summed E-state index contributed by atoms with van der Waals surface area (Å²) in [7, 11) is 0. The lowest BCUT2D eigenvalue weighted by atomic mass is 9.99. The van der Waals surface area contributed by atoms with Crippen LogP contribution in [-0.4, -0.2) is 34.2 Å². The molecule has 0 atom stereocenters. The average Bonchev–Trinajstić information content (AvgIpc) is 3.00. The van der Waals surface area contributed by atoms with Crippen LogP contribution < -0.4 is 10.6 Å². The number of anilines is 2. The zero-order valence-corrected chi connectivity index (χ0v) is 14.2. The maximum atomic E-state index is 12.3. The highest BCUT2D eigenvalue weighted by Crippen LogP contribution is 2.27. The van der Waals surface area contributed by atoms with E-state index in [0.717, 1.165) is 27.3 Å². The van der Waals surface area contributed by atoms with Gasteiger partial charge in [-0.1, -0.05) is 23.1 Å². The van der Waals surface area contributed by atoms with Crippen LogP contribution in [0.25, 0.3) is 0 Å². The molecule has 2 aromatic rings. The molecular weight excluding hydrogens is 332 g/mol. The molecule has 0 saturated heterocycles. The number of rotatable bonds is 6. The zero-order valence-electron chi connectivity index (χ0n) is 12.6. The highest BCUT2D eigenvalue weighted by atomic mass is 32.2. The normalized spacial score (nSPS) is 13.3. The second-order valence-corrected chi connectivity index (χ2v) is 7.24. The summed E-state index contributed by atoms with van der Waals surface area (Å²) in [6, 6.07) is 5.44. The Morgan fingerprint density at radius 2 is 2.26 bits per heavy atom. The Labute approximate surface area is 142 Å². The third-order valence-electron chi connectivity index (χ3n) is 3.38. The van der Waals surface area contributed by atoms with Gasteiger partial charge in [0.1, 0.15) is 0 Å². The molecular formula is C15H16N4O2S2. The van der Waals surface area contributed by atoms with E-state index in [2.05, 4.69) is 20.8 Å². The number of ketones is 1. The molecule has 0 bridgehead atoms. The Balaban J connectivity index is 1.62. The van der Waals surface area contributed by atoms with Crippen LogP contribution in [0.4, 0.5) is 10.8 Å². The molecule has 1 aliphatic rings. The highest BCUT2D eigenvalue weighted by molar-refractivity contribution is 8.01. The lowest BCUT2D eigenvalue weighted by molar-refractivity contribution is -0.116. The van der Waals surface area contributed by atoms with E-state index in [1.807, 2.05) is 13.0 Å². The van der Waals surface area contributed by atoms with Gasteiger partial charge in [-0.05, 0) is 37.1 Å². The van der Waals surface area contributed by atoms with E-state index in [9.17, 15) is 9.59 Å². The molecule has 120 valence electrons. The van der Waals surface area contributed by atoms with Gasteiger partial charge in [-0.3, -0.25) is 9.59 Å². The number of nitrogens with one attached hydrogen (secondary N) is 2. The van der Waals surface area contributed by atoms with Crippen LogP contribution in [0.1, 0.15) is 29.3 Å². The fourth-order valence-electron chi connectivity index (χ4n) is 2.26. The second-order valence-electron chi connectivity index (χ2n) is 5.04. The van der Waals surface area contributed by atoms with Crippen LogP contribution in [-0.2, 0) is 11.2 Å². The van der Waals surface area contributed by atoms with Crippen molar-refractivity contribution in [3.05, 3.63) is 29.3 Å². The largest absolute Gasteiger partial charge is 0.360 e. The topological polar surface area (TPSA) is 84.0 Å². The minimum absolute atomic E-state index is 0.0277. The van der Waals surface area contributed by atoms with Gasteiger partial charge in [-0.15, -0.1) is 10.2 Å². The van der Waals surface area contributed by atoms with Gasteiger partial charge in [0.25, 0.3) is 0 Å². The molecule has 0 saturated carbocycles. The SMILES string of the molecule is CCNc1nnc(SCC(=O)c2ccc3c(c2)CCC(=O)N3)s1. The Hall–Kier alpha value is -1.93. The summed E-state index contributed by atoms with van der Waals surface area (Å²) in [4.78, 5) is 23.7. The first kappa shape index (κ1) is 15.9. The van der Waals surface area contributed by atoms with E-state index < -0.39 is 0 Å². The van der Waals surface area contributed by atoms with Gasteiger partial charge >= 0.3 is 0 Å². The molecule has 0 unspecified atom stereocenters. The third-order valence-corrected chi connectivity index (χ3v) is 5.40. The maximum absolute atomic E-state index is 12.3. The molecule has 1 amide bonds. The number of aromatic nitrogens is 2. The summed E-state index contributed by atoms with van der Waals surface area (Å²) in [5.41, 5.74) is 2.50. The molecule has 0 radical (unpaired) electrons. The van der Waals surface area contributed by atoms with Crippen LogP contribution in [0.15, 0.2) is 22.5 Å². The molecule has 0 fully saturated rings. The number of carbonyl (C=O) groups excluding carboxylic acids is 2. The molecule has 23 heavy (non-hydrogen) atoms. The Kier molecular flexibility index (Phi) is 4.92. The Morgan fingerprint density at radius 1 is 1.39 bits per heavy atom. The number of carbonyl (C=O) groups is 2. The monoisotopic (exact) mass is 348 g/mol. The van der Waals surface area contributed by atoms with Crippen LogP contribution in [0, 0.1) is 0 Å². The van der Waals surface area contributed by atoms with Crippen LogP contribution in [0.5, 0.6) is 0 Å². The summed E-state index contributed by atoms with van der Waals surface area (Å²) >= 11 is 2.84. The first-order valence-corrected chi connectivity index (χ1v) is 9.12. The average molecular weight is 348 g/mol. The minimum Gasteiger partial charge on any atom is -0.360 e.